The molecule has 0 radical (unpaired) electrons. The highest BCUT2D eigenvalue weighted by molar-refractivity contribution is 5.78. The zero-order chi connectivity index (χ0) is 15.6. The van der Waals surface area contributed by atoms with E-state index in [9.17, 15) is 13.2 Å². The van der Waals surface area contributed by atoms with Gasteiger partial charge in [0, 0.05) is 11.6 Å². The normalized spacial score (nSPS) is 11.0. The highest BCUT2D eigenvalue weighted by Gasteiger charge is 2.30. The molecule has 3 rings (SSSR count). The molecular weight excluding hydrogens is 289 g/mol. The lowest BCUT2D eigenvalue weighted by molar-refractivity contribution is -0.137. The Balaban J connectivity index is 1.87. The first-order chi connectivity index (χ1) is 10.5. The van der Waals surface area contributed by atoms with E-state index >= 15 is 0 Å². The third kappa shape index (κ3) is 3.07. The van der Waals surface area contributed by atoms with Gasteiger partial charge in [0.1, 0.15) is 11.4 Å². The molecule has 2 heterocycles. The number of benzene rings is 1. The number of nitrogens with zero attached hydrogens (tertiary/aromatic N) is 2. The van der Waals surface area contributed by atoms with Gasteiger partial charge in [-0.3, -0.25) is 0 Å². The van der Waals surface area contributed by atoms with Crippen LogP contribution >= 0.6 is 0 Å². The largest absolute Gasteiger partial charge is 0.417 e. The minimum Gasteiger partial charge on any atom is -0.247 e. The van der Waals surface area contributed by atoms with Crippen LogP contribution in [-0.4, -0.2) is 9.97 Å². The maximum atomic E-state index is 12.4. The first-order valence-electron chi connectivity index (χ1n) is 6.43. The summed E-state index contributed by atoms with van der Waals surface area (Å²) in [6.07, 6.45) is -3.61. The molecule has 0 atom stereocenters. The summed E-state index contributed by atoms with van der Waals surface area (Å²) in [5, 5.41) is 1.00. The molecule has 0 amide bonds. The molecule has 0 aliphatic rings. The molecule has 3 aromatic rings. The number of hydrogen-bond acceptors (Lipinski definition) is 2. The summed E-state index contributed by atoms with van der Waals surface area (Å²) < 4.78 is 37.3. The minimum absolute atomic E-state index is 0.267. The fourth-order valence-corrected chi connectivity index (χ4v) is 1.90. The van der Waals surface area contributed by atoms with E-state index in [2.05, 4.69) is 21.8 Å². The summed E-state index contributed by atoms with van der Waals surface area (Å²) in [7, 11) is 0. The fourth-order valence-electron chi connectivity index (χ4n) is 1.90. The first-order valence-corrected chi connectivity index (χ1v) is 6.43. The van der Waals surface area contributed by atoms with Gasteiger partial charge in [-0.15, -0.1) is 0 Å². The van der Waals surface area contributed by atoms with Gasteiger partial charge in [0.25, 0.3) is 0 Å². The van der Waals surface area contributed by atoms with E-state index in [1.165, 1.54) is 6.07 Å². The number of hydrogen-bond donors (Lipinski definition) is 0. The Morgan fingerprint density at radius 1 is 0.818 bits per heavy atom. The van der Waals surface area contributed by atoms with Gasteiger partial charge in [-0.1, -0.05) is 24.3 Å². The molecule has 0 fully saturated rings. The fraction of sp³-hybridized carbons (Fsp3) is 0.0588. The zero-order valence-electron chi connectivity index (χ0n) is 11.2. The number of rotatable bonds is 0. The van der Waals surface area contributed by atoms with Crippen molar-refractivity contribution in [2.24, 2.45) is 0 Å². The number of aromatic nitrogens is 2. The molecule has 2 aromatic heterocycles. The summed E-state index contributed by atoms with van der Waals surface area (Å²) in [4.78, 5) is 8.07. The van der Waals surface area contributed by atoms with Crippen molar-refractivity contribution >= 4 is 10.9 Å². The molecule has 2 nitrogen and oxygen atoms in total. The molecule has 5 heteroatoms. The summed E-state index contributed by atoms with van der Waals surface area (Å²) in [6.45, 7) is 0. The molecule has 0 aliphatic carbocycles. The van der Waals surface area contributed by atoms with Crippen LogP contribution in [0.4, 0.5) is 13.2 Å². The molecule has 0 saturated carbocycles. The summed E-state index contributed by atoms with van der Waals surface area (Å²) in [6, 6.07) is 13.5. The van der Waals surface area contributed by atoms with Crippen molar-refractivity contribution in [1.82, 2.24) is 9.97 Å². The van der Waals surface area contributed by atoms with Crippen LogP contribution in [0, 0.1) is 11.8 Å². The standard InChI is InChI=1S/C17H9F3N2/c18-17(19,20)13-6-8-14(21-11-13)9-10-15-7-5-12-3-1-2-4-16(12)22-15/h1-8,11H. The Bertz CT molecular complexity index is 872. The second-order valence-corrected chi connectivity index (χ2v) is 4.57. The lowest BCUT2D eigenvalue weighted by Gasteiger charge is -2.04. The van der Waals surface area contributed by atoms with Crippen LogP contribution in [0.15, 0.2) is 54.7 Å². The van der Waals surface area contributed by atoms with Gasteiger partial charge in [-0.2, -0.15) is 13.2 Å². The van der Waals surface area contributed by atoms with Crippen LogP contribution in [0.5, 0.6) is 0 Å². The minimum atomic E-state index is -4.39. The number of para-hydroxylation sites is 1. The molecule has 0 aliphatic heterocycles. The molecule has 22 heavy (non-hydrogen) atoms. The number of alkyl halides is 3. The van der Waals surface area contributed by atoms with Gasteiger partial charge in [-0.05, 0) is 36.1 Å². The van der Waals surface area contributed by atoms with Crippen molar-refractivity contribution in [2.75, 3.05) is 0 Å². The van der Waals surface area contributed by atoms with Crippen molar-refractivity contribution in [2.45, 2.75) is 6.18 Å². The predicted molar refractivity (Wildman–Crippen MR) is 77.0 cm³/mol. The third-order valence-electron chi connectivity index (χ3n) is 3.01. The first kappa shape index (κ1) is 14.1. The summed E-state index contributed by atoms with van der Waals surface area (Å²) >= 11 is 0. The monoisotopic (exact) mass is 298 g/mol. The number of halogens is 3. The van der Waals surface area contributed by atoms with E-state index < -0.39 is 11.7 Å². The molecular formula is C17H9F3N2. The SMILES string of the molecule is FC(F)(F)c1ccc(C#Cc2ccc3ccccc3n2)nc1. The third-order valence-corrected chi connectivity index (χ3v) is 3.01. The molecule has 0 N–H and O–H groups in total. The van der Waals surface area contributed by atoms with E-state index in [1.807, 2.05) is 30.3 Å². The van der Waals surface area contributed by atoms with E-state index in [0.29, 0.717) is 5.69 Å². The molecule has 0 bridgehead atoms. The number of fused-ring (bicyclic) bond motifs is 1. The van der Waals surface area contributed by atoms with Crippen LogP contribution < -0.4 is 0 Å². The van der Waals surface area contributed by atoms with E-state index in [-0.39, 0.29) is 5.69 Å². The molecule has 108 valence electrons. The quantitative estimate of drug-likeness (QED) is 0.585. The van der Waals surface area contributed by atoms with Crippen molar-refractivity contribution in [3.8, 4) is 11.8 Å². The van der Waals surface area contributed by atoms with Crippen molar-refractivity contribution in [1.29, 1.82) is 0 Å². The van der Waals surface area contributed by atoms with Gasteiger partial charge in [0.15, 0.2) is 0 Å². The van der Waals surface area contributed by atoms with Crippen LogP contribution in [0.2, 0.25) is 0 Å². The van der Waals surface area contributed by atoms with Crippen molar-refractivity contribution in [3.05, 3.63) is 71.7 Å². The molecule has 0 spiro atoms. The maximum Gasteiger partial charge on any atom is 0.417 e. The lowest BCUT2D eigenvalue weighted by Crippen LogP contribution is -2.05. The molecule has 0 unspecified atom stereocenters. The topological polar surface area (TPSA) is 25.8 Å². The second-order valence-electron chi connectivity index (χ2n) is 4.57. The smallest absolute Gasteiger partial charge is 0.247 e. The Kier molecular flexibility index (Phi) is 3.51. The molecule has 1 aromatic carbocycles. The zero-order valence-corrected chi connectivity index (χ0v) is 11.2. The average molecular weight is 298 g/mol. The predicted octanol–water partition coefficient (Wildman–Crippen LogP) is 4.05. The average Bonchev–Trinajstić information content (AvgIpc) is 2.52. The van der Waals surface area contributed by atoms with Crippen molar-refractivity contribution < 1.29 is 13.2 Å². The number of pyridine rings is 2. The van der Waals surface area contributed by atoms with E-state index in [0.717, 1.165) is 23.2 Å². The van der Waals surface area contributed by atoms with Crippen LogP contribution in [-0.2, 0) is 6.18 Å². The van der Waals surface area contributed by atoms with Gasteiger partial charge in [-0.25, -0.2) is 9.97 Å². The highest BCUT2D eigenvalue weighted by atomic mass is 19.4. The highest BCUT2D eigenvalue weighted by Crippen LogP contribution is 2.28. The Labute approximate surface area is 124 Å². The lowest BCUT2D eigenvalue weighted by atomic mass is 10.2. The maximum absolute atomic E-state index is 12.4. The Hall–Kier alpha value is -2.87. The van der Waals surface area contributed by atoms with Gasteiger partial charge >= 0.3 is 6.18 Å². The Morgan fingerprint density at radius 3 is 2.27 bits per heavy atom. The summed E-state index contributed by atoms with van der Waals surface area (Å²) in [5.74, 6) is 5.52. The Morgan fingerprint density at radius 2 is 1.55 bits per heavy atom. The summed E-state index contributed by atoms with van der Waals surface area (Å²) in [5.41, 5.74) is 0.833. The van der Waals surface area contributed by atoms with Crippen LogP contribution in [0.1, 0.15) is 17.0 Å². The molecule has 0 saturated heterocycles. The van der Waals surface area contributed by atoms with E-state index in [1.54, 1.807) is 6.07 Å². The van der Waals surface area contributed by atoms with Gasteiger partial charge in [0.05, 0.1) is 11.1 Å². The van der Waals surface area contributed by atoms with Crippen LogP contribution in [0.3, 0.4) is 0 Å². The van der Waals surface area contributed by atoms with Gasteiger partial charge in [0.2, 0.25) is 0 Å². The van der Waals surface area contributed by atoms with Crippen molar-refractivity contribution in [3.63, 3.8) is 0 Å². The van der Waals surface area contributed by atoms with Crippen LogP contribution in [0.25, 0.3) is 10.9 Å². The van der Waals surface area contributed by atoms with Gasteiger partial charge < -0.3 is 0 Å². The second kappa shape index (κ2) is 5.49. The van der Waals surface area contributed by atoms with E-state index in [4.69, 9.17) is 0 Å².